The maximum Gasteiger partial charge on any atom is 0.123 e. The Morgan fingerprint density at radius 3 is 2.55 bits per heavy atom. The standard InChI is InChI=1S/C30H32FN5O2/c1-18-28(35(4)34-33-18)21-15-26-27(32-17-21)24-9-8-22(30(2,3)37)16-25(24)36(26)29(19-10-12-38-13-11-19)20-6-5-7-23(31)14-20/h5-9,14-17,19,29,37H,10-13H2,1-4H3/t29-/m1/s1. The summed E-state index contributed by atoms with van der Waals surface area (Å²) in [6.45, 7) is 6.86. The Balaban J connectivity index is 1.70. The van der Waals surface area contributed by atoms with Crippen molar-refractivity contribution in [2.75, 3.05) is 13.2 Å². The van der Waals surface area contributed by atoms with Crippen LogP contribution in [0.15, 0.2) is 54.7 Å². The van der Waals surface area contributed by atoms with E-state index in [0.29, 0.717) is 13.2 Å². The average Bonchev–Trinajstić information content (AvgIpc) is 3.40. The first-order chi connectivity index (χ1) is 18.2. The molecule has 0 aliphatic carbocycles. The van der Waals surface area contributed by atoms with E-state index in [0.717, 1.165) is 62.9 Å². The Morgan fingerprint density at radius 1 is 1.08 bits per heavy atom. The highest BCUT2D eigenvalue weighted by Gasteiger charge is 2.31. The molecule has 38 heavy (non-hydrogen) atoms. The molecule has 0 bridgehead atoms. The zero-order chi connectivity index (χ0) is 26.6. The predicted octanol–water partition coefficient (Wildman–Crippen LogP) is 5.68. The number of pyridine rings is 1. The molecular formula is C30H32FN5O2. The molecule has 0 amide bonds. The maximum absolute atomic E-state index is 14.6. The van der Waals surface area contributed by atoms with Crippen molar-refractivity contribution in [3.63, 3.8) is 0 Å². The molecule has 8 heteroatoms. The summed E-state index contributed by atoms with van der Waals surface area (Å²) in [6.07, 6.45) is 3.60. The molecule has 0 spiro atoms. The van der Waals surface area contributed by atoms with Crippen molar-refractivity contribution >= 4 is 21.9 Å². The molecule has 5 aromatic rings. The number of aromatic nitrogens is 5. The summed E-state index contributed by atoms with van der Waals surface area (Å²) in [4.78, 5) is 4.95. The van der Waals surface area contributed by atoms with Crippen molar-refractivity contribution in [3.8, 4) is 11.3 Å². The van der Waals surface area contributed by atoms with Gasteiger partial charge in [0.05, 0.1) is 39.6 Å². The van der Waals surface area contributed by atoms with Gasteiger partial charge in [0, 0.05) is 37.4 Å². The first kappa shape index (κ1) is 24.7. The minimum Gasteiger partial charge on any atom is -0.386 e. The molecule has 1 N–H and O–H groups in total. The van der Waals surface area contributed by atoms with E-state index in [1.54, 1.807) is 30.7 Å². The van der Waals surface area contributed by atoms with Gasteiger partial charge in [0.15, 0.2) is 0 Å². The Hall–Kier alpha value is -3.62. The lowest BCUT2D eigenvalue weighted by molar-refractivity contribution is 0.0552. The van der Waals surface area contributed by atoms with E-state index in [1.165, 1.54) is 6.07 Å². The number of hydrogen-bond donors (Lipinski definition) is 1. The molecule has 6 rings (SSSR count). The number of fused-ring (bicyclic) bond motifs is 3. The summed E-state index contributed by atoms with van der Waals surface area (Å²) >= 11 is 0. The molecule has 1 saturated heterocycles. The highest BCUT2D eigenvalue weighted by Crippen LogP contribution is 2.42. The van der Waals surface area contributed by atoms with Crippen LogP contribution in [0.1, 0.15) is 49.6 Å². The third kappa shape index (κ3) is 4.18. The van der Waals surface area contributed by atoms with Crippen LogP contribution in [0.4, 0.5) is 4.39 Å². The van der Waals surface area contributed by atoms with Crippen LogP contribution >= 0.6 is 0 Å². The second kappa shape index (κ2) is 9.29. The van der Waals surface area contributed by atoms with Crippen molar-refractivity contribution in [1.82, 2.24) is 24.5 Å². The van der Waals surface area contributed by atoms with Crippen molar-refractivity contribution in [3.05, 3.63) is 77.4 Å². The highest BCUT2D eigenvalue weighted by molar-refractivity contribution is 6.07. The lowest BCUT2D eigenvalue weighted by atomic mass is 9.86. The lowest BCUT2D eigenvalue weighted by Crippen LogP contribution is -2.27. The highest BCUT2D eigenvalue weighted by atomic mass is 19.1. The second-order valence-corrected chi connectivity index (χ2v) is 10.8. The Kier molecular flexibility index (Phi) is 6.04. The zero-order valence-electron chi connectivity index (χ0n) is 22.1. The summed E-state index contributed by atoms with van der Waals surface area (Å²) in [5.74, 6) is -0.0215. The van der Waals surface area contributed by atoms with Gasteiger partial charge in [-0.25, -0.2) is 9.07 Å². The van der Waals surface area contributed by atoms with Crippen molar-refractivity contribution < 1.29 is 14.2 Å². The first-order valence-corrected chi connectivity index (χ1v) is 13.1. The fraction of sp³-hybridized carbons (Fsp3) is 0.367. The Morgan fingerprint density at radius 2 is 1.87 bits per heavy atom. The lowest BCUT2D eigenvalue weighted by Gasteiger charge is -2.33. The van der Waals surface area contributed by atoms with Gasteiger partial charge in [-0.2, -0.15) is 0 Å². The van der Waals surface area contributed by atoms with E-state index in [1.807, 2.05) is 38.4 Å². The Bertz CT molecular complexity index is 1620. The van der Waals surface area contributed by atoms with E-state index in [9.17, 15) is 9.50 Å². The van der Waals surface area contributed by atoms with E-state index < -0.39 is 5.60 Å². The van der Waals surface area contributed by atoms with Crippen molar-refractivity contribution in [2.45, 2.75) is 45.3 Å². The number of halogens is 1. The third-order valence-corrected chi connectivity index (χ3v) is 7.80. The van der Waals surface area contributed by atoms with E-state index in [2.05, 4.69) is 27.0 Å². The van der Waals surface area contributed by atoms with Gasteiger partial charge >= 0.3 is 0 Å². The number of benzene rings is 2. The van der Waals surface area contributed by atoms with Gasteiger partial charge in [0.1, 0.15) is 5.82 Å². The van der Waals surface area contributed by atoms with Gasteiger partial charge in [-0.1, -0.05) is 29.5 Å². The topological polar surface area (TPSA) is 78.0 Å². The molecule has 0 unspecified atom stereocenters. The normalized spacial score (nSPS) is 15.9. The molecule has 0 saturated carbocycles. The number of ether oxygens (including phenoxy) is 1. The van der Waals surface area contributed by atoms with Crippen LogP contribution < -0.4 is 0 Å². The number of aliphatic hydroxyl groups is 1. The zero-order valence-corrected chi connectivity index (χ0v) is 22.1. The summed E-state index contributed by atoms with van der Waals surface area (Å²) < 4.78 is 24.4. The van der Waals surface area contributed by atoms with Crippen LogP contribution in [-0.4, -0.2) is 42.9 Å². The predicted molar refractivity (Wildman–Crippen MR) is 145 cm³/mol. The van der Waals surface area contributed by atoms with Crippen molar-refractivity contribution in [2.24, 2.45) is 13.0 Å². The van der Waals surface area contributed by atoms with Gasteiger partial charge in [-0.3, -0.25) is 4.98 Å². The molecule has 7 nitrogen and oxygen atoms in total. The van der Waals surface area contributed by atoms with Gasteiger partial charge in [-0.15, -0.1) is 5.10 Å². The van der Waals surface area contributed by atoms with Crippen LogP contribution in [0.5, 0.6) is 0 Å². The summed E-state index contributed by atoms with van der Waals surface area (Å²) in [5.41, 5.74) is 6.13. The summed E-state index contributed by atoms with van der Waals surface area (Å²) in [5, 5.41) is 20.3. The van der Waals surface area contributed by atoms with Gasteiger partial charge in [0.25, 0.3) is 0 Å². The Labute approximate surface area is 220 Å². The van der Waals surface area contributed by atoms with Crippen LogP contribution in [0.25, 0.3) is 33.2 Å². The molecule has 3 aromatic heterocycles. The summed E-state index contributed by atoms with van der Waals surface area (Å²) in [7, 11) is 1.88. The SMILES string of the molecule is Cc1nnn(C)c1-c1cnc2c3ccc(C(C)(C)O)cc3n([C@@H](c3cccc(F)c3)C3CCOCC3)c2c1. The number of rotatable bonds is 5. The van der Waals surface area contributed by atoms with Gasteiger partial charge < -0.3 is 14.4 Å². The fourth-order valence-electron chi connectivity index (χ4n) is 5.93. The van der Waals surface area contributed by atoms with E-state index in [4.69, 9.17) is 9.72 Å². The molecular weight excluding hydrogens is 481 g/mol. The second-order valence-electron chi connectivity index (χ2n) is 10.8. The molecule has 196 valence electrons. The quantitative estimate of drug-likeness (QED) is 0.327. The van der Waals surface area contributed by atoms with Crippen LogP contribution in [0.3, 0.4) is 0 Å². The van der Waals surface area contributed by atoms with Gasteiger partial charge in [-0.05, 0) is 74.9 Å². The molecule has 0 radical (unpaired) electrons. The number of aryl methyl sites for hydroxylation is 2. The smallest absolute Gasteiger partial charge is 0.123 e. The molecule has 1 fully saturated rings. The van der Waals surface area contributed by atoms with Crippen molar-refractivity contribution in [1.29, 1.82) is 0 Å². The molecule has 4 heterocycles. The molecule has 1 atom stereocenters. The van der Waals surface area contributed by atoms with Crippen LogP contribution in [-0.2, 0) is 17.4 Å². The molecule has 1 aliphatic heterocycles. The van der Waals surface area contributed by atoms with E-state index in [-0.39, 0.29) is 17.8 Å². The molecule has 1 aliphatic rings. The van der Waals surface area contributed by atoms with E-state index >= 15 is 0 Å². The van der Waals surface area contributed by atoms with Crippen LogP contribution in [0, 0.1) is 18.7 Å². The fourth-order valence-corrected chi connectivity index (χ4v) is 5.93. The number of hydrogen-bond acceptors (Lipinski definition) is 5. The largest absolute Gasteiger partial charge is 0.386 e. The van der Waals surface area contributed by atoms with Gasteiger partial charge in [0.2, 0.25) is 0 Å². The minimum atomic E-state index is -1.02. The summed E-state index contributed by atoms with van der Waals surface area (Å²) in [6, 6.07) is 15.0. The number of nitrogens with zero attached hydrogens (tertiary/aromatic N) is 5. The first-order valence-electron chi connectivity index (χ1n) is 13.1. The monoisotopic (exact) mass is 513 g/mol. The average molecular weight is 514 g/mol. The third-order valence-electron chi connectivity index (χ3n) is 7.80. The maximum atomic E-state index is 14.6. The van der Waals surface area contributed by atoms with Crippen LogP contribution in [0.2, 0.25) is 0 Å². The molecule has 2 aromatic carbocycles. The minimum absolute atomic E-state index is 0.144.